The molecule has 0 aromatic carbocycles. The van der Waals surface area contributed by atoms with Gasteiger partial charge < -0.3 is 5.11 Å². The van der Waals surface area contributed by atoms with E-state index in [2.05, 4.69) is 4.98 Å². The molecule has 1 aliphatic carbocycles. The molecule has 1 heterocycles. The number of aromatic nitrogens is 1. The topological polar surface area (TPSA) is 33.1 Å². The van der Waals surface area contributed by atoms with Crippen LogP contribution in [-0.4, -0.2) is 10.1 Å². The summed E-state index contributed by atoms with van der Waals surface area (Å²) < 4.78 is 0. The van der Waals surface area contributed by atoms with Gasteiger partial charge in [-0.2, -0.15) is 0 Å². The summed E-state index contributed by atoms with van der Waals surface area (Å²) >= 11 is 0. The van der Waals surface area contributed by atoms with Crippen LogP contribution in [0, 0.1) is 5.92 Å². The number of nitrogens with zero attached hydrogens (tertiary/aromatic N) is 1. The molecule has 0 radical (unpaired) electrons. The summed E-state index contributed by atoms with van der Waals surface area (Å²) in [6, 6.07) is 3.85. The number of pyridine rings is 1. The maximum atomic E-state index is 10.1. The van der Waals surface area contributed by atoms with Gasteiger partial charge in [0.25, 0.3) is 0 Å². The maximum Gasteiger partial charge on any atom is 0.0833 e. The minimum atomic E-state index is -0.302. The third kappa shape index (κ3) is 2.13. The maximum absolute atomic E-state index is 10.1. The fourth-order valence-electron chi connectivity index (χ4n) is 2.27. The molecule has 2 nitrogen and oxygen atoms in total. The number of rotatable bonds is 2. The van der Waals surface area contributed by atoms with Crippen molar-refractivity contribution in [2.45, 2.75) is 38.2 Å². The average Bonchev–Trinajstić information content (AvgIpc) is 2.30. The summed E-state index contributed by atoms with van der Waals surface area (Å²) in [5, 5.41) is 10.1. The van der Waals surface area contributed by atoms with Gasteiger partial charge in [0.15, 0.2) is 0 Å². The Morgan fingerprint density at radius 2 is 2.07 bits per heavy atom. The van der Waals surface area contributed by atoms with Crippen molar-refractivity contribution in [2.24, 2.45) is 5.92 Å². The minimum Gasteiger partial charge on any atom is -0.388 e. The van der Waals surface area contributed by atoms with Crippen molar-refractivity contribution >= 4 is 0 Å². The van der Waals surface area contributed by atoms with Crippen LogP contribution in [0.1, 0.15) is 43.8 Å². The van der Waals surface area contributed by atoms with Crippen molar-refractivity contribution in [1.82, 2.24) is 4.98 Å². The van der Waals surface area contributed by atoms with E-state index in [1.807, 2.05) is 12.1 Å². The van der Waals surface area contributed by atoms with Crippen LogP contribution >= 0.6 is 0 Å². The smallest absolute Gasteiger partial charge is 0.0833 e. The van der Waals surface area contributed by atoms with Gasteiger partial charge in [-0.3, -0.25) is 4.98 Å². The summed E-state index contributed by atoms with van der Waals surface area (Å²) in [7, 11) is 0. The van der Waals surface area contributed by atoms with E-state index in [1.54, 1.807) is 12.4 Å². The highest BCUT2D eigenvalue weighted by molar-refractivity contribution is 5.12. The Labute approximate surface area is 85.0 Å². The van der Waals surface area contributed by atoms with Crippen molar-refractivity contribution in [3.05, 3.63) is 30.1 Å². The molecular formula is C12H17NO. The van der Waals surface area contributed by atoms with Gasteiger partial charge in [0, 0.05) is 12.4 Å². The molecule has 1 saturated carbocycles. The largest absolute Gasteiger partial charge is 0.388 e. The second kappa shape index (κ2) is 4.56. The van der Waals surface area contributed by atoms with Crippen LogP contribution in [0.5, 0.6) is 0 Å². The third-order valence-electron chi connectivity index (χ3n) is 3.12. The van der Waals surface area contributed by atoms with Crippen molar-refractivity contribution in [2.75, 3.05) is 0 Å². The van der Waals surface area contributed by atoms with Crippen LogP contribution < -0.4 is 0 Å². The molecule has 1 N–H and O–H groups in total. The second-order valence-corrected chi connectivity index (χ2v) is 4.13. The highest BCUT2D eigenvalue weighted by Crippen LogP contribution is 2.33. The Morgan fingerprint density at radius 1 is 1.29 bits per heavy atom. The predicted octanol–water partition coefficient (Wildman–Crippen LogP) is 2.70. The van der Waals surface area contributed by atoms with Gasteiger partial charge in [0.05, 0.1) is 6.10 Å². The molecule has 1 unspecified atom stereocenters. The number of aliphatic hydroxyl groups is 1. The first-order valence-corrected chi connectivity index (χ1v) is 5.46. The van der Waals surface area contributed by atoms with Crippen LogP contribution in [0.4, 0.5) is 0 Å². The molecule has 2 heteroatoms. The monoisotopic (exact) mass is 191 g/mol. The van der Waals surface area contributed by atoms with E-state index in [0.717, 1.165) is 18.4 Å². The lowest BCUT2D eigenvalue weighted by molar-refractivity contribution is 0.0845. The van der Waals surface area contributed by atoms with Crippen molar-refractivity contribution < 1.29 is 5.11 Å². The van der Waals surface area contributed by atoms with Crippen molar-refractivity contribution in [1.29, 1.82) is 0 Å². The first-order chi connectivity index (χ1) is 6.88. The molecule has 1 aromatic rings. The lowest BCUT2D eigenvalue weighted by atomic mass is 9.83. The Bertz CT molecular complexity index is 267. The van der Waals surface area contributed by atoms with Gasteiger partial charge in [0.1, 0.15) is 0 Å². The van der Waals surface area contributed by atoms with Crippen molar-refractivity contribution in [3.8, 4) is 0 Å². The van der Waals surface area contributed by atoms with E-state index in [1.165, 1.54) is 19.3 Å². The molecule has 1 aliphatic rings. The number of hydrogen-bond donors (Lipinski definition) is 1. The van der Waals surface area contributed by atoms with E-state index >= 15 is 0 Å². The molecule has 0 amide bonds. The highest BCUT2D eigenvalue weighted by Gasteiger charge is 2.22. The zero-order chi connectivity index (χ0) is 9.80. The van der Waals surface area contributed by atoms with Gasteiger partial charge in [-0.25, -0.2) is 0 Å². The molecule has 76 valence electrons. The molecule has 0 bridgehead atoms. The zero-order valence-corrected chi connectivity index (χ0v) is 8.39. The summed E-state index contributed by atoms with van der Waals surface area (Å²) in [4.78, 5) is 4.04. The third-order valence-corrected chi connectivity index (χ3v) is 3.12. The van der Waals surface area contributed by atoms with Crippen molar-refractivity contribution in [3.63, 3.8) is 0 Å². The molecule has 14 heavy (non-hydrogen) atoms. The summed E-state index contributed by atoms with van der Waals surface area (Å²) in [6.07, 6.45) is 9.41. The SMILES string of the molecule is OC(c1cccnc1)C1CCCCC1. The fraction of sp³-hybridized carbons (Fsp3) is 0.583. The molecule has 0 saturated heterocycles. The first kappa shape index (κ1) is 9.66. The summed E-state index contributed by atoms with van der Waals surface area (Å²) in [6.45, 7) is 0. The van der Waals surface area contributed by atoms with Gasteiger partial charge in [-0.05, 0) is 30.4 Å². The van der Waals surface area contributed by atoms with Gasteiger partial charge in [-0.1, -0.05) is 25.3 Å². The summed E-state index contributed by atoms with van der Waals surface area (Å²) in [5.41, 5.74) is 0.972. The van der Waals surface area contributed by atoms with Gasteiger partial charge in [-0.15, -0.1) is 0 Å². The molecular weight excluding hydrogens is 174 g/mol. The highest BCUT2D eigenvalue weighted by atomic mass is 16.3. The average molecular weight is 191 g/mol. The lowest BCUT2D eigenvalue weighted by Gasteiger charge is -2.26. The quantitative estimate of drug-likeness (QED) is 0.779. The summed E-state index contributed by atoms with van der Waals surface area (Å²) in [5.74, 6) is 0.452. The van der Waals surface area contributed by atoms with E-state index in [4.69, 9.17) is 0 Å². The minimum absolute atomic E-state index is 0.302. The Hall–Kier alpha value is -0.890. The van der Waals surface area contributed by atoms with Crippen LogP contribution in [0.3, 0.4) is 0 Å². The second-order valence-electron chi connectivity index (χ2n) is 4.13. The molecule has 2 rings (SSSR count). The Kier molecular flexibility index (Phi) is 3.14. The van der Waals surface area contributed by atoms with E-state index in [0.29, 0.717) is 5.92 Å². The first-order valence-electron chi connectivity index (χ1n) is 5.46. The molecule has 1 aromatic heterocycles. The van der Waals surface area contributed by atoms with Crippen LogP contribution in [0.25, 0.3) is 0 Å². The fourth-order valence-corrected chi connectivity index (χ4v) is 2.27. The van der Waals surface area contributed by atoms with Crippen LogP contribution in [-0.2, 0) is 0 Å². The molecule has 0 spiro atoms. The standard InChI is InChI=1S/C12H17NO/c14-12(10-5-2-1-3-6-10)11-7-4-8-13-9-11/h4,7-10,12,14H,1-3,5-6H2. The lowest BCUT2D eigenvalue weighted by Crippen LogP contribution is -2.15. The predicted molar refractivity (Wildman–Crippen MR) is 55.8 cm³/mol. The zero-order valence-electron chi connectivity index (χ0n) is 8.39. The van der Waals surface area contributed by atoms with Gasteiger partial charge in [0.2, 0.25) is 0 Å². The van der Waals surface area contributed by atoms with Crippen LogP contribution in [0.15, 0.2) is 24.5 Å². The Balaban J connectivity index is 2.03. The number of hydrogen-bond acceptors (Lipinski definition) is 2. The molecule has 0 aliphatic heterocycles. The van der Waals surface area contributed by atoms with Gasteiger partial charge >= 0.3 is 0 Å². The van der Waals surface area contributed by atoms with E-state index in [9.17, 15) is 5.11 Å². The number of aliphatic hydroxyl groups excluding tert-OH is 1. The molecule has 1 fully saturated rings. The van der Waals surface area contributed by atoms with E-state index in [-0.39, 0.29) is 6.10 Å². The molecule has 1 atom stereocenters. The Morgan fingerprint density at radius 3 is 2.71 bits per heavy atom. The van der Waals surface area contributed by atoms with Crippen LogP contribution in [0.2, 0.25) is 0 Å². The van der Waals surface area contributed by atoms with E-state index < -0.39 is 0 Å². The normalized spacial score (nSPS) is 20.6.